The number of rotatable bonds is 4. The van der Waals surface area contributed by atoms with Crippen molar-refractivity contribution in [2.75, 3.05) is 18.9 Å². The van der Waals surface area contributed by atoms with Crippen molar-refractivity contribution in [1.29, 1.82) is 0 Å². The molecule has 0 aliphatic rings. The molecule has 1 aromatic carbocycles. The van der Waals surface area contributed by atoms with Crippen molar-refractivity contribution in [2.24, 2.45) is 0 Å². The number of hydrogen-bond acceptors (Lipinski definition) is 3. The standard InChI is InChI=1S/C14H12Cl2N2O3/c1-18(14(20)9-6-7-21-13(9)16)8-12(19)17-11-5-3-2-4-10(11)15/h2-7H,8H2,1H3,(H,17,19). The molecule has 0 aliphatic heterocycles. The Morgan fingerprint density at radius 3 is 2.57 bits per heavy atom. The van der Waals surface area contributed by atoms with Crippen molar-refractivity contribution in [3.05, 3.63) is 52.4 Å². The molecule has 2 rings (SSSR count). The lowest BCUT2D eigenvalue weighted by atomic mass is 10.3. The molecule has 1 N–H and O–H groups in total. The van der Waals surface area contributed by atoms with Crippen molar-refractivity contribution in [3.8, 4) is 0 Å². The van der Waals surface area contributed by atoms with E-state index in [0.29, 0.717) is 10.7 Å². The first-order valence-electron chi connectivity index (χ1n) is 6.02. The molecule has 0 fully saturated rings. The quantitative estimate of drug-likeness (QED) is 0.937. The van der Waals surface area contributed by atoms with Crippen LogP contribution < -0.4 is 5.32 Å². The topological polar surface area (TPSA) is 62.6 Å². The predicted octanol–water partition coefficient (Wildman–Crippen LogP) is 3.30. The summed E-state index contributed by atoms with van der Waals surface area (Å²) < 4.78 is 4.85. The molecule has 0 atom stereocenters. The van der Waals surface area contributed by atoms with E-state index in [-0.39, 0.29) is 23.2 Å². The van der Waals surface area contributed by atoms with Crippen LogP contribution >= 0.6 is 23.2 Å². The van der Waals surface area contributed by atoms with Gasteiger partial charge in [0.1, 0.15) is 0 Å². The number of nitrogens with zero attached hydrogens (tertiary/aromatic N) is 1. The van der Waals surface area contributed by atoms with E-state index >= 15 is 0 Å². The SMILES string of the molecule is CN(CC(=O)Nc1ccccc1Cl)C(=O)c1ccoc1Cl. The van der Waals surface area contributed by atoms with E-state index in [9.17, 15) is 9.59 Å². The molecule has 0 unspecified atom stereocenters. The monoisotopic (exact) mass is 326 g/mol. The minimum atomic E-state index is -0.400. The zero-order valence-corrected chi connectivity index (χ0v) is 12.6. The smallest absolute Gasteiger partial charge is 0.258 e. The predicted molar refractivity (Wildman–Crippen MR) is 80.8 cm³/mol. The van der Waals surface area contributed by atoms with E-state index in [4.69, 9.17) is 27.6 Å². The minimum absolute atomic E-state index is 0.00152. The molecule has 1 aromatic heterocycles. The molecule has 0 spiro atoms. The molecule has 2 aromatic rings. The number of benzene rings is 1. The molecule has 0 bridgehead atoms. The van der Waals surface area contributed by atoms with Gasteiger partial charge in [0.15, 0.2) is 0 Å². The van der Waals surface area contributed by atoms with Gasteiger partial charge in [0, 0.05) is 7.05 Å². The van der Waals surface area contributed by atoms with Crippen LogP contribution in [0.3, 0.4) is 0 Å². The molecule has 0 aliphatic carbocycles. The molecule has 0 saturated carbocycles. The summed E-state index contributed by atoms with van der Waals surface area (Å²) in [6.07, 6.45) is 1.31. The van der Waals surface area contributed by atoms with Crippen molar-refractivity contribution in [2.45, 2.75) is 0 Å². The molecule has 5 nitrogen and oxygen atoms in total. The number of carbonyl (C=O) groups is 2. The fourth-order valence-electron chi connectivity index (χ4n) is 1.69. The Bertz CT molecular complexity index is 670. The number of anilines is 1. The van der Waals surface area contributed by atoms with Gasteiger partial charge in [-0.05, 0) is 29.8 Å². The van der Waals surface area contributed by atoms with Gasteiger partial charge < -0.3 is 14.6 Å². The van der Waals surface area contributed by atoms with Gasteiger partial charge in [-0.3, -0.25) is 9.59 Å². The number of carbonyl (C=O) groups excluding carboxylic acids is 2. The summed E-state index contributed by atoms with van der Waals surface area (Å²) in [7, 11) is 1.50. The summed E-state index contributed by atoms with van der Waals surface area (Å²) in [4.78, 5) is 25.2. The molecule has 0 saturated heterocycles. The van der Waals surface area contributed by atoms with Crippen LogP contribution in [0.15, 0.2) is 41.0 Å². The van der Waals surface area contributed by atoms with E-state index in [2.05, 4.69) is 5.32 Å². The van der Waals surface area contributed by atoms with Crippen LogP contribution in [-0.4, -0.2) is 30.3 Å². The van der Waals surface area contributed by atoms with Crippen LogP contribution in [0.1, 0.15) is 10.4 Å². The number of nitrogens with one attached hydrogen (secondary N) is 1. The van der Waals surface area contributed by atoms with Crippen molar-refractivity contribution in [3.63, 3.8) is 0 Å². The van der Waals surface area contributed by atoms with E-state index in [0.717, 1.165) is 0 Å². The highest BCUT2D eigenvalue weighted by Gasteiger charge is 2.19. The van der Waals surface area contributed by atoms with E-state index in [1.54, 1.807) is 24.3 Å². The summed E-state index contributed by atoms with van der Waals surface area (Å²) in [5.74, 6) is -0.762. The Morgan fingerprint density at radius 2 is 1.95 bits per heavy atom. The average molecular weight is 327 g/mol. The Hall–Kier alpha value is -1.98. The maximum absolute atomic E-state index is 12.1. The number of hydrogen-bond donors (Lipinski definition) is 1. The molecule has 7 heteroatoms. The maximum atomic E-state index is 12.1. The first-order chi connectivity index (χ1) is 9.99. The third-order valence-corrected chi connectivity index (χ3v) is 3.35. The molecule has 1 heterocycles. The van der Waals surface area contributed by atoms with Crippen molar-refractivity contribution < 1.29 is 14.0 Å². The second-order valence-corrected chi connectivity index (χ2v) is 5.05. The zero-order valence-electron chi connectivity index (χ0n) is 11.1. The maximum Gasteiger partial charge on any atom is 0.258 e. The van der Waals surface area contributed by atoms with Crippen molar-refractivity contribution in [1.82, 2.24) is 4.90 Å². The zero-order chi connectivity index (χ0) is 15.4. The number of likely N-dealkylation sites (N-methyl/N-ethyl adjacent to an activating group) is 1. The first-order valence-corrected chi connectivity index (χ1v) is 6.77. The van der Waals surface area contributed by atoms with Gasteiger partial charge in [-0.15, -0.1) is 0 Å². The van der Waals surface area contributed by atoms with Crippen LogP contribution in [0.2, 0.25) is 10.2 Å². The third kappa shape index (κ3) is 3.77. The lowest BCUT2D eigenvalue weighted by molar-refractivity contribution is -0.116. The van der Waals surface area contributed by atoms with Crippen LogP contribution in [0.4, 0.5) is 5.69 Å². The van der Waals surface area contributed by atoms with E-state index in [1.165, 1.54) is 24.3 Å². The summed E-state index contributed by atoms with van der Waals surface area (Å²) in [6.45, 7) is -0.133. The molecule has 21 heavy (non-hydrogen) atoms. The van der Waals surface area contributed by atoms with Crippen LogP contribution in [0, 0.1) is 0 Å². The molecule has 110 valence electrons. The third-order valence-electron chi connectivity index (χ3n) is 2.72. The summed E-state index contributed by atoms with van der Waals surface area (Å²) in [6, 6.07) is 8.30. The lowest BCUT2D eigenvalue weighted by Gasteiger charge is -2.16. The highest BCUT2D eigenvalue weighted by atomic mass is 35.5. The lowest BCUT2D eigenvalue weighted by Crippen LogP contribution is -2.34. The summed E-state index contributed by atoms with van der Waals surface area (Å²) in [5.41, 5.74) is 0.705. The number of para-hydroxylation sites is 1. The minimum Gasteiger partial charge on any atom is -0.452 e. The summed E-state index contributed by atoms with van der Waals surface area (Å²) in [5, 5.41) is 3.06. The molecular formula is C14H12Cl2N2O3. The summed E-state index contributed by atoms with van der Waals surface area (Å²) >= 11 is 11.7. The highest BCUT2D eigenvalue weighted by Crippen LogP contribution is 2.21. The first kappa shape index (κ1) is 15.4. The molecular weight excluding hydrogens is 315 g/mol. The fourth-order valence-corrected chi connectivity index (χ4v) is 2.07. The van der Waals surface area contributed by atoms with Crippen LogP contribution in [0.5, 0.6) is 0 Å². The van der Waals surface area contributed by atoms with Gasteiger partial charge in [0.2, 0.25) is 11.1 Å². The van der Waals surface area contributed by atoms with Gasteiger partial charge in [0.25, 0.3) is 5.91 Å². The average Bonchev–Trinajstić information content (AvgIpc) is 2.86. The van der Waals surface area contributed by atoms with Crippen molar-refractivity contribution >= 4 is 40.7 Å². The highest BCUT2D eigenvalue weighted by molar-refractivity contribution is 6.33. The second-order valence-electron chi connectivity index (χ2n) is 4.30. The van der Waals surface area contributed by atoms with Gasteiger partial charge in [0.05, 0.1) is 29.1 Å². The van der Waals surface area contributed by atoms with E-state index in [1.807, 2.05) is 0 Å². The molecule has 0 radical (unpaired) electrons. The second kappa shape index (κ2) is 6.65. The fraction of sp³-hybridized carbons (Fsp3) is 0.143. The Balaban J connectivity index is 1.98. The van der Waals surface area contributed by atoms with Crippen LogP contribution in [0.25, 0.3) is 0 Å². The normalized spacial score (nSPS) is 10.2. The Kier molecular flexibility index (Phi) is 4.88. The Labute approximate surface area is 131 Å². The number of amides is 2. The largest absolute Gasteiger partial charge is 0.452 e. The molecule has 2 amide bonds. The van der Waals surface area contributed by atoms with Gasteiger partial charge in [-0.1, -0.05) is 23.7 Å². The van der Waals surface area contributed by atoms with Gasteiger partial charge in [-0.2, -0.15) is 0 Å². The van der Waals surface area contributed by atoms with Crippen LogP contribution in [-0.2, 0) is 4.79 Å². The number of halogens is 2. The van der Waals surface area contributed by atoms with E-state index < -0.39 is 5.91 Å². The number of furan rings is 1. The van der Waals surface area contributed by atoms with Gasteiger partial charge >= 0.3 is 0 Å². The van der Waals surface area contributed by atoms with Gasteiger partial charge in [-0.25, -0.2) is 0 Å². The Morgan fingerprint density at radius 1 is 1.24 bits per heavy atom.